The van der Waals surface area contributed by atoms with Crippen molar-refractivity contribution in [1.82, 2.24) is 14.5 Å². The van der Waals surface area contributed by atoms with Crippen molar-refractivity contribution in [2.45, 2.75) is 39.7 Å². The molecular weight excluding hydrogens is 424 g/mol. The van der Waals surface area contributed by atoms with Crippen LogP contribution in [0, 0.1) is 25.7 Å². The number of carbonyl (C=O) groups is 2. The third kappa shape index (κ3) is 4.49. The average Bonchev–Trinajstić information content (AvgIpc) is 3.48. The summed E-state index contributed by atoms with van der Waals surface area (Å²) in [5.41, 5.74) is 4.39. The zero-order valence-corrected chi connectivity index (χ0v) is 20.0. The molecule has 2 aliphatic heterocycles. The summed E-state index contributed by atoms with van der Waals surface area (Å²) in [5.74, 6) is 1.44. The molecule has 2 aromatic carbocycles. The summed E-state index contributed by atoms with van der Waals surface area (Å²) in [6, 6.07) is 16.3. The fourth-order valence-corrected chi connectivity index (χ4v) is 5.19. The molecular formula is C28H32N4O2. The minimum Gasteiger partial charge on any atom is -0.342 e. The van der Waals surface area contributed by atoms with Gasteiger partial charge in [0, 0.05) is 56.2 Å². The fraction of sp³-hybridized carbons (Fsp3) is 0.393. The van der Waals surface area contributed by atoms with Crippen molar-refractivity contribution in [3.63, 3.8) is 0 Å². The van der Waals surface area contributed by atoms with E-state index in [0.717, 1.165) is 55.1 Å². The zero-order chi connectivity index (χ0) is 23.7. The number of hydrogen-bond acceptors (Lipinski definition) is 3. The summed E-state index contributed by atoms with van der Waals surface area (Å²) in [4.78, 5) is 34.3. The van der Waals surface area contributed by atoms with Crippen LogP contribution < -0.4 is 4.90 Å². The first kappa shape index (κ1) is 22.4. The molecule has 3 heterocycles. The molecule has 5 rings (SSSR count). The van der Waals surface area contributed by atoms with Gasteiger partial charge in [-0.3, -0.25) is 9.59 Å². The van der Waals surface area contributed by atoms with Crippen molar-refractivity contribution in [1.29, 1.82) is 0 Å². The minimum absolute atomic E-state index is 0.0463. The molecule has 176 valence electrons. The predicted octanol–water partition coefficient (Wildman–Crippen LogP) is 4.46. The number of aromatic nitrogens is 2. The lowest BCUT2D eigenvalue weighted by Gasteiger charge is -2.33. The number of nitrogens with zero attached hydrogens (tertiary/aromatic N) is 4. The molecule has 2 aliphatic rings. The van der Waals surface area contributed by atoms with E-state index in [1.807, 2.05) is 53.7 Å². The minimum atomic E-state index is -0.246. The highest BCUT2D eigenvalue weighted by molar-refractivity contribution is 6.00. The van der Waals surface area contributed by atoms with Gasteiger partial charge in [-0.15, -0.1) is 0 Å². The second-order valence-corrected chi connectivity index (χ2v) is 9.71. The summed E-state index contributed by atoms with van der Waals surface area (Å²) < 4.78 is 2.23. The van der Waals surface area contributed by atoms with Gasteiger partial charge in [-0.05, 0) is 55.9 Å². The Labute approximate surface area is 201 Å². The molecule has 2 fully saturated rings. The topological polar surface area (TPSA) is 58.4 Å². The number of aryl methyl sites for hydroxylation is 2. The van der Waals surface area contributed by atoms with E-state index in [1.54, 1.807) is 4.90 Å². The van der Waals surface area contributed by atoms with Gasteiger partial charge in [0.25, 0.3) is 0 Å². The lowest BCUT2D eigenvalue weighted by Crippen LogP contribution is -2.43. The number of anilines is 1. The first-order chi connectivity index (χ1) is 16.5. The third-order valence-electron chi connectivity index (χ3n) is 7.41. The lowest BCUT2D eigenvalue weighted by molar-refractivity contribution is -0.137. The molecule has 0 bridgehead atoms. The summed E-state index contributed by atoms with van der Waals surface area (Å²) in [5, 5.41) is 0. The molecule has 1 aromatic heterocycles. The second kappa shape index (κ2) is 9.45. The molecule has 0 saturated carbocycles. The number of amides is 2. The van der Waals surface area contributed by atoms with Crippen LogP contribution in [0.5, 0.6) is 0 Å². The van der Waals surface area contributed by atoms with Crippen LogP contribution in [0.1, 0.15) is 30.4 Å². The van der Waals surface area contributed by atoms with E-state index in [1.165, 1.54) is 5.56 Å². The van der Waals surface area contributed by atoms with Crippen LogP contribution in [0.3, 0.4) is 0 Å². The smallest absolute Gasteiger partial charge is 0.228 e. The van der Waals surface area contributed by atoms with Gasteiger partial charge in [-0.2, -0.15) is 0 Å². The Morgan fingerprint density at radius 2 is 1.79 bits per heavy atom. The van der Waals surface area contributed by atoms with Gasteiger partial charge in [-0.25, -0.2) is 4.98 Å². The number of benzene rings is 2. The molecule has 2 amide bonds. The van der Waals surface area contributed by atoms with Crippen molar-refractivity contribution >= 4 is 17.5 Å². The Morgan fingerprint density at radius 3 is 2.53 bits per heavy atom. The molecule has 2 saturated heterocycles. The molecule has 0 radical (unpaired) electrons. The molecule has 0 aliphatic carbocycles. The van der Waals surface area contributed by atoms with Crippen molar-refractivity contribution in [2.75, 3.05) is 24.5 Å². The monoisotopic (exact) mass is 456 g/mol. The highest BCUT2D eigenvalue weighted by Gasteiger charge is 2.38. The Hall–Kier alpha value is -3.41. The van der Waals surface area contributed by atoms with Gasteiger partial charge in [0.1, 0.15) is 5.82 Å². The maximum Gasteiger partial charge on any atom is 0.228 e. The first-order valence-corrected chi connectivity index (χ1v) is 12.2. The van der Waals surface area contributed by atoms with Crippen LogP contribution in [0.4, 0.5) is 5.69 Å². The maximum absolute atomic E-state index is 13.2. The quantitative estimate of drug-likeness (QED) is 0.570. The zero-order valence-electron chi connectivity index (χ0n) is 20.0. The number of imidazole rings is 1. The van der Waals surface area contributed by atoms with Crippen LogP contribution >= 0.6 is 0 Å². The SMILES string of the molecule is Cc1ccc(N2CC(C(=O)N3CCC(Cn4ccnc4-c4ccccc4)CC3)CC2=O)cc1C. The highest BCUT2D eigenvalue weighted by Crippen LogP contribution is 2.30. The Morgan fingerprint density at radius 1 is 1.03 bits per heavy atom. The maximum atomic E-state index is 13.2. The van der Waals surface area contributed by atoms with Crippen molar-refractivity contribution < 1.29 is 9.59 Å². The van der Waals surface area contributed by atoms with E-state index in [-0.39, 0.29) is 17.7 Å². The van der Waals surface area contributed by atoms with Gasteiger partial charge in [0.05, 0.1) is 5.92 Å². The standard InChI is InChI=1S/C28H32N4O2/c1-20-8-9-25(16-21(20)2)32-19-24(17-26(32)33)28(34)30-13-10-22(11-14-30)18-31-15-12-29-27(31)23-6-4-3-5-7-23/h3-9,12,15-16,22,24H,10-11,13-14,17-19H2,1-2H3. The summed E-state index contributed by atoms with van der Waals surface area (Å²) in [6.45, 7) is 7.03. The van der Waals surface area contributed by atoms with Crippen LogP contribution in [0.25, 0.3) is 11.4 Å². The largest absolute Gasteiger partial charge is 0.342 e. The molecule has 3 aromatic rings. The van der Waals surface area contributed by atoms with Gasteiger partial charge in [0.15, 0.2) is 0 Å². The van der Waals surface area contributed by atoms with E-state index in [9.17, 15) is 9.59 Å². The number of rotatable bonds is 5. The summed E-state index contributed by atoms with van der Waals surface area (Å²) in [7, 11) is 0. The van der Waals surface area contributed by atoms with Crippen LogP contribution in [0.2, 0.25) is 0 Å². The number of hydrogen-bond donors (Lipinski definition) is 0. The molecule has 34 heavy (non-hydrogen) atoms. The molecule has 1 unspecified atom stereocenters. The summed E-state index contributed by atoms with van der Waals surface area (Å²) >= 11 is 0. The molecule has 6 nitrogen and oxygen atoms in total. The van der Waals surface area contributed by atoms with E-state index in [2.05, 4.69) is 35.5 Å². The first-order valence-electron chi connectivity index (χ1n) is 12.2. The Kier molecular flexibility index (Phi) is 6.22. The van der Waals surface area contributed by atoms with E-state index < -0.39 is 0 Å². The second-order valence-electron chi connectivity index (χ2n) is 9.71. The number of carbonyl (C=O) groups excluding carboxylic acids is 2. The average molecular weight is 457 g/mol. The Bertz CT molecular complexity index is 1180. The van der Waals surface area contributed by atoms with Crippen LogP contribution in [-0.2, 0) is 16.1 Å². The van der Waals surface area contributed by atoms with E-state index in [4.69, 9.17) is 0 Å². The van der Waals surface area contributed by atoms with Crippen molar-refractivity contribution in [3.8, 4) is 11.4 Å². The van der Waals surface area contributed by atoms with Gasteiger partial charge in [-0.1, -0.05) is 36.4 Å². The van der Waals surface area contributed by atoms with Crippen LogP contribution in [0.15, 0.2) is 60.9 Å². The normalized spacial score (nSPS) is 19.1. The number of likely N-dealkylation sites (tertiary alicyclic amines) is 1. The Balaban J connectivity index is 1.17. The molecule has 0 spiro atoms. The van der Waals surface area contributed by atoms with Gasteiger partial charge < -0.3 is 14.4 Å². The summed E-state index contributed by atoms with van der Waals surface area (Å²) in [6.07, 6.45) is 6.16. The predicted molar refractivity (Wildman–Crippen MR) is 133 cm³/mol. The highest BCUT2D eigenvalue weighted by atomic mass is 16.2. The van der Waals surface area contributed by atoms with Crippen molar-refractivity contribution in [2.24, 2.45) is 11.8 Å². The lowest BCUT2D eigenvalue weighted by atomic mass is 9.95. The van der Waals surface area contributed by atoms with E-state index >= 15 is 0 Å². The van der Waals surface area contributed by atoms with E-state index in [0.29, 0.717) is 18.9 Å². The van der Waals surface area contributed by atoms with Gasteiger partial charge in [0.2, 0.25) is 11.8 Å². The molecule has 1 atom stereocenters. The van der Waals surface area contributed by atoms with Crippen LogP contribution in [-0.4, -0.2) is 45.9 Å². The van der Waals surface area contributed by atoms with Gasteiger partial charge >= 0.3 is 0 Å². The molecule has 0 N–H and O–H groups in total. The third-order valence-corrected chi connectivity index (χ3v) is 7.41. The molecule has 6 heteroatoms. The van der Waals surface area contributed by atoms with Crippen molar-refractivity contribution in [3.05, 3.63) is 72.1 Å². The fourth-order valence-electron chi connectivity index (χ4n) is 5.19. The number of piperidine rings is 1.